The highest BCUT2D eigenvalue weighted by molar-refractivity contribution is 7.99. The van der Waals surface area contributed by atoms with Gasteiger partial charge in [-0.05, 0) is 24.0 Å². The highest BCUT2D eigenvalue weighted by atomic mass is 32.2. The zero-order chi connectivity index (χ0) is 20.9. The molecular weight excluding hydrogens is 396 g/mol. The molecule has 0 fully saturated rings. The van der Waals surface area contributed by atoms with Gasteiger partial charge in [-0.1, -0.05) is 74.1 Å². The zero-order valence-corrected chi connectivity index (χ0v) is 17.8. The number of fused-ring (bicyclic) bond motifs is 1. The number of nitrogens with zero attached hydrogens (tertiary/aromatic N) is 2. The highest BCUT2D eigenvalue weighted by Gasteiger charge is 2.18. The van der Waals surface area contributed by atoms with Crippen LogP contribution in [0.15, 0.2) is 70.4 Å². The van der Waals surface area contributed by atoms with Crippen LogP contribution in [0.5, 0.6) is 0 Å². The molecule has 0 bridgehead atoms. The number of aromatic nitrogens is 3. The van der Waals surface area contributed by atoms with Gasteiger partial charge in [0.25, 0.3) is 11.1 Å². The Balaban J connectivity index is 1.39. The molecule has 154 valence electrons. The largest absolute Gasteiger partial charge is 0.411 e. The molecule has 1 amide bonds. The van der Waals surface area contributed by atoms with Crippen LogP contribution in [0.25, 0.3) is 22.4 Å². The topological polar surface area (TPSA) is 83.8 Å². The Morgan fingerprint density at radius 2 is 1.87 bits per heavy atom. The van der Waals surface area contributed by atoms with E-state index in [1.807, 2.05) is 60.8 Å². The third-order valence-corrected chi connectivity index (χ3v) is 5.62. The molecule has 2 heterocycles. The molecule has 2 N–H and O–H groups in total. The van der Waals surface area contributed by atoms with Gasteiger partial charge in [0.1, 0.15) is 0 Å². The van der Waals surface area contributed by atoms with Gasteiger partial charge in [0.15, 0.2) is 0 Å². The van der Waals surface area contributed by atoms with Crippen LogP contribution in [-0.2, 0) is 4.79 Å². The Labute approximate surface area is 179 Å². The summed E-state index contributed by atoms with van der Waals surface area (Å²) in [5.41, 5.74) is 2.98. The van der Waals surface area contributed by atoms with Crippen LogP contribution in [0.3, 0.4) is 0 Å². The van der Waals surface area contributed by atoms with Crippen molar-refractivity contribution in [3.63, 3.8) is 0 Å². The lowest BCUT2D eigenvalue weighted by atomic mass is 9.97. The number of rotatable bonds is 8. The lowest BCUT2D eigenvalue weighted by molar-refractivity contribution is -0.119. The number of aromatic amines is 1. The standard InChI is InChI=1S/C23H24N4O2S/c1-15(2)12-20(16-8-4-3-5-9-16)25-21(28)14-30-23-27-26-22(29-23)18-13-24-19-11-7-6-10-17(18)19/h3-11,13,15,20,24H,12,14H2,1-2H3,(H,25,28). The number of hydrogen-bond acceptors (Lipinski definition) is 5. The summed E-state index contributed by atoms with van der Waals surface area (Å²) in [5, 5.41) is 12.8. The second-order valence-corrected chi connectivity index (χ2v) is 8.50. The van der Waals surface area contributed by atoms with Gasteiger partial charge in [0.05, 0.1) is 17.4 Å². The Bertz CT molecular complexity index is 1120. The molecule has 0 saturated heterocycles. The molecule has 1 atom stereocenters. The van der Waals surface area contributed by atoms with Crippen molar-refractivity contribution in [2.24, 2.45) is 5.92 Å². The molecule has 0 aliphatic heterocycles. The van der Waals surface area contributed by atoms with Gasteiger partial charge in [-0.3, -0.25) is 4.79 Å². The van der Waals surface area contributed by atoms with E-state index >= 15 is 0 Å². The van der Waals surface area contributed by atoms with Gasteiger partial charge in [-0.15, -0.1) is 10.2 Å². The minimum Gasteiger partial charge on any atom is -0.411 e. The van der Waals surface area contributed by atoms with Crippen LogP contribution in [0.2, 0.25) is 0 Å². The first-order valence-corrected chi connectivity index (χ1v) is 11.0. The number of H-pyrrole nitrogens is 1. The molecule has 1 unspecified atom stereocenters. The van der Waals surface area contributed by atoms with Crippen molar-refractivity contribution in [2.75, 3.05) is 5.75 Å². The summed E-state index contributed by atoms with van der Waals surface area (Å²) < 4.78 is 5.78. The van der Waals surface area contributed by atoms with Gasteiger partial charge >= 0.3 is 0 Å². The van der Waals surface area contributed by atoms with E-state index in [4.69, 9.17) is 4.42 Å². The fraction of sp³-hybridized carbons (Fsp3) is 0.261. The van der Waals surface area contributed by atoms with Crippen molar-refractivity contribution in [1.82, 2.24) is 20.5 Å². The fourth-order valence-electron chi connectivity index (χ4n) is 3.42. The molecule has 7 heteroatoms. The summed E-state index contributed by atoms with van der Waals surface area (Å²) in [6.07, 6.45) is 2.74. The first-order chi connectivity index (χ1) is 14.6. The van der Waals surface area contributed by atoms with E-state index in [9.17, 15) is 4.79 Å². The lowest BCUT2D eigenvalue weighted by Gasteiger charge is -2.21. The number of para-hydroxylation sites is 1. The summed E-state index contributed by atoms with van der Waals surface area (Å²) >= 11 is 1.25. The van der Waals surface area contributed by atoms with E-state index in [-0.39, 0.29) is 17.7 Å². The normalized spacial score (nSPS) is 12.4. The van der Waals surface area contributed by atoms with Crippen LogP contribution in [0.4, 0.5) is 0 Å². The summed E-state index contributed by atoms with van der Waals surface area (Å²) in [7, 11) is 0. The molecule has 0 aliphatic carbocycles. The Hall–Kier alpha value is -3.06. The second-order valence-electron chi connectivity index (χ2n) is 7.57. The average molecular weight is 421 g/mol. The zero-order valence-electron chi connectivity index (χ0n) is 17.0. The molecule has 6 nitrogen and oxygen atoms in total. The number of carbonyl (C=O) groups excluding carboxylic acids is 1. The van der Waals surface area contributed by atoms with Crippen molar-refractivity contribution in [1.29, 1.82) is 0 Å². The van der Waals surface area contributed by atoms with Crippen LogP contribution in [0, 0.1) is 5.92 Å². The predicted molar refractivity (Wildman–Crippen MR) is 119 cm³/mol. The fourth-order valence-corrected chi connectivity index (χ4v) is 4.00. The van der Waals surface area contributed by atoms with E-state index in [1.54, 1.807) is 0 Å². The summed E-state index contributed by atoms with van der Waals surface area (Å²) in [5.74, 6) is 1.08. The van der Waals surface area contributed by atoms with Gasteiger partial charge in [0, 0.05) is 17.1 Å². The van der Waals surface area contributed by atoms with Crippen LogP contribution in [-0.4, -0.2) is 26.8 Å². The molecule has 0 aliphatic rings. The molecule has 0 radical (unpaired) electrons. The molecule has 4 aromatic rings. The smallest absolute Gasteiger partial charge is 0.277 e. The van der Waals surface area contributed by atoms with E-state index in [0.29, 0.717) is 17.0 Å². The van der Waals surface area contributed by atoms with E-state index in [0.717, 1.165) is 28.5 Å². The van der Waals surface area contributed by atoms with Gasteiger partial charge in [0.2, 0.25) is 5.91 Å². The molecule has 2 aromatic carbocycles. The number of thioether (sulfide) groups is 1. The lowest BCUT2D eigenvalue weighted by Crippen LogP contribution is -2.30. The number of amides is 1. The number of hydrogen-bond donors (Lipinski definition) is 2. The SMILES string of the molecule is CC(C)CC(NC(=O)CSc1nnc(-c2c[nH]c3ccccc23)o1)c1ccccc1. The first-order valence-electron chi connectivity index (χ1n) is 9.97. The molecular formula is C23H24N4O2S. The Morgan fingerprint density at radius 1 is 1.10 bits per heavy atom. The summed E-state index contributed by atoms with van der Waals surface area (Å²) in [4.78, 5) is 15.8. The molecule has 2 aromatic heterocycles. The maximum Gasteiger partial charge on any atom is 0.277 e. The maximum atomic E-state index is 12.6. The van der Waals surface area contributed by atoms with Gasteiger partial charge < -0.3 is 14.7 Å². The number of carbonyl (C=O) groups is 1. The van der Waals surface area contributed by atoms with Crippen molar-refractivity contribution in [3.8, 4) is 11.5 Å². The monoisotopic (exact) mass is 420 g/mol. The predicted octanol–water partition coefficient (Wildman–Crippen LogP) is 5.21. The average Bonchev–Trinajstić information content (AvgIpc) is 3.39. The van der Waals surface area contributed by atoms with Gasteiger partial charge in [-0.25, -0.2) is 0 Å². The van der Waals surface area contributed by atoms with Crippen LogP contribution in [0.1, 0.15) is 31.9 Å². The number of benzene rings is 2. The third kappa shape index (κ3) is 4.74. The van der Waals surface area contributed by atoms with Gasteiger partial charge in [-0.2, -0.15) is 0 Å². The second kappa shape index (κ2) is 9.17. The molecule has 0 spiro atoms. The minimum atomic E-state index is -0.0543. The molecule has 4 rings (SSSR count). The molecule has 30 heavy (non-hydrogen) atoms. The van der Waals surface area contributed by atoms with Crippen LogP contribution >= 0.6 is 11.8 Å². The van der Waals surface area contributed by atoms with E-state index in [1.165, 1.54) is 11.8 Å². The van der Waals surface area contributed by atoms with Crippen molar-refractivity contribution >= 4 is 28.6 Å². The Morgan fingerprint density at radius 3 is 2.67 bits per heavy atom. The van der Waals surface area contributed by atoms with Crippen molar-refractivity contribution < 1.29 is 9.21 Å². The maximum absolute atomic E-state index is 12.6. The first kappa shape index (κ1) is 20.2. The molecule has 0 saturated carbocycles. The van der Waals surface area contributed by atoms with Crippen LogP contribution < -0.4 is 5.32 Å². The Kier molecular flexibility index (Phi) is 6.18. The van der Waals surface area contributed by atoms with E-state index < -0.39 is 0 Å². The summed E-state index contributed by atoms with van der Waals surface area (Å²) in [6.45, 7) is 4.31. The van der Waals surface area contributed by atoms with E-state index in [2.05, 4.69) is 34.3 Å². The minimum absolute atomic E-state index is 0.0104. The highest BCUT2D eigenvalue weighted by Crippen LogP contribution is 2.29. The third-order valence-electron chi connectivity index (χ3n) is 4.80. The quantitative estimate of drug-likeness (QED) is 0.382. The summed E-state index contributed by atoms with van der Waals surface area (Å²) in [6, 6.07) is 18.0. The number of nitrogens with one attached hydrogen (secondary N) is 2. The van der Waals surface area contributed by atoms with Crippen molar-refractivity contribution in [2.45, 2.75) is 31.5 Å². The van der Waals surface area contributed by atoms with Crippen molar-refractivity contribution in [3.05, 3.63) is 66.4 Å².